The lowest BCUT2D eigenvalue weighted by Gasteiger charge is -2.39. The number of unbranched alkanes of at least 4 members (excludes halogenated alkanes) is 16. The van der Waals surface area contributed by atoms with Gasteiger partial charge >= 0.3 is 11.9 Å². The Bertz CT molecular complexity index is 697. The molecule has 0 aromatic carbocycles. The van der Waals surface area contributed by atoms with Gasteiger partial charge in [-0.2, -0.15) is 0 Å². The molecule has 0 heterocycles. The monoisotopic (exact) mass is 574 g/mol. The van der Waals surface area contributed by atoms with E-state index in [0.717, 1.165) is 38.0 Å². The second kappa shape index (κ2) is 26.1. The number of carboxylic acid groups (broad SMARTS) is 2. The van der Waals surface area contributed by atoms with Crippen LogP contribution >= 0.6 is 0 Å². The van der Waals surface area contributed by atoms with Gasteiger partial charge in [-0.15, -0.1) is 0 Å². The summed E-state index contributed by atoms with van der Waals surface area (Å²) in [5.74, 6) is 1.46. The van der Waals surface area contributed by atoms with Crippen LogP contribution in [0.5, 0.6) is 0 Å². The van der Waals surface area contributed by atoms with Gasteiger partial charge in [0.1, 0.15) is 0 Å². The normalized spacial score (nSPS) is 20.6. The largest absolute Gasteiger partial charge is 0.481 e. The molecule has 2 N–H and O–H groups in total. The summed E-state index contributed by atoms with van der Waals surface area (Å²) in [5, 5.41) is 17.7. The van der Waals surface area contributed by atoms with E-state index in [1.807, 2.05) is 0 Å². The molecule has 0 aromatic rings. The van der Waals surface area contributed by atoms with E-state index in [9.17, 15) is 9.59 Å². The summed E-state index contributed by atoms with van der Waals surface area (Å²) in [6.07, 6.45) is 39.0. The molecule has 0 fully saturated rings. The van der Waals surface area contributed by atoms with E-state index in [-0.39, 0.29) is 0 Å². The molecule has 1 aliphatic rings. The lowest BCUT2D eigenvalue weighted by Crippen LogP contribution is -2.30. The maximum Gasteiger partial charge on any atom is 0.303 e. The quantitative estimate of drug-likeness (QED) is 0.0720. The SMILES string of the molecule is CCCCC/C=C/C1C(CCCCC)C=CC(CCCCCCCCCC(=O)O)C1CCCCCCCCC(=O)O. The first-order valence-electron chi connectivity index (χ1n) is 17.8. The predicted octanol–water partition coefficient (Wildman–Crippen LogP) is 11.5. The zero-order valence-corrected chi connectivity index (χ0v) is 27.0. The van der Waals surface area contributed by atoms with Gasteiger partial charge in [0.15, 0.2) is 0 Å². The molecule has 238 valence electrons. The smallest absolute Gasteiger partial charge is 0.303 e. The van der Waals surface area contributed by atoms with Crippen molar-refractivity contribution in [3.05, 3.63) is 24.3 Å². The average molecular weight is 575 g/mol. The number of hydrogen-bond donors (Lipinski definition) is 2. The topological polar surface area (TPSA) is 74.6 Å². The number of allylic oxidation sites excluding steroid dienone is 4. The number of carbonyl (C=O) groups is 2. The summed E-state index contributed by atoms with van der Waals surface area (Å²) in [4.78, 5) is 21.5. The van der Waals surface area contributed by atoms with Crippen LogP contribution in [0.15, 0.2) is 24.3 Å². The van der Waals surface area contributed by atoms with Gasteiger partial charge in [0, 0.05) is 12.8 Å². The second-order valence-electron chi connectivity index (χ2n) is 12.8. The van der Waals surface area contributed by atoms with Crippen molar-refractivity contribution in [1.29, 1.82) is 0 Å². The van der Waals surface area contributed by atoms with Gasteiger partial charge in [0.2, 0.25) is 0 Å². The molecule has 0 saturated heterocycles. The average Bonchev–Trinajstić information content (AvgIpc) is 2.94. The van der Waals surface area contributed by atoms with E-state index >= 15 is 0 Å². The maximum atomic E-state index is 10.8. The number of aliphatic carboxylic acids is 2. The lowest BCUT2D eigenvalue weighted by molar-refractivity contribution is -0.138. The molecule has 1 rings (SSSR count). The molecule has 4 heteroatoms. The van der Waals surface area contributed by atoms with Crippen molar-refractivity contribution >= 4 is 11.9 Å². The molecule has 0 saturated carbocycles. The van der Waals surface area contributed by atoms with Crippen molar-refractivity contribution in [2.24, 2.45) is 23.7 Å². The Balaban J connectivity index is 2.69. The van der Waals surface area contributed by atoms with Gasteiger partial charge in [-0.05, 0) is 68.6 Å². The molecule has 41 heavy (non-hydrogen) atoms. The van der Waals surface area contributed by atoms with Gasteiger partial charge in [0.05, 0.1) is 0 Å². The third-order valence-corrected chi connectivity index (χ3v) is 9.22. The molecular weight excluding hydrogens is 508 g/mol. The molecule has 4 atom stereocenters. The van der Waals surface area contributed by atoms with Crippen LogP contribution < -0.4 is 0 Å². The number of carboxylic acids is 2. The zero-order chi connectivity index (χ0) is 30.0. The van der Waals surface area contributed by atoms with Gasteiger partial charge in [0.25, 0.3) is 0 Å². The van der Waals surface area contributed by atoms with Crippen LogP contribution in [0.25, 0.3) is 0 Å². The fourth-order valence-electron chi connectivity index (χ4n) is 6.75. The van der Waals surface area contributed by atoms with Crippen molar-refractivity contribution in [2.45, 2.75) is 174 Å². The molecule has 1 aliphatic carbocycles. The van der Waals surface area contributed by atoms with Crippen LogP contribution in [0, 0.1) is 23.7 Å². The summed E-state index contributed by atoms with van der Waals surface area (Å²) in [7, 11) is 0. The number of hydrogen-bond acceptors (Lipinski definition) is 2. The Kier molecular flexibility index (Phi) is 23.8. The Morgan fingerprint density at radius 3 is 1.56 bits per heavy atom. The van der Waals surface area contributed by atoms with E-state index < -0.39 is 11.9 Å². The van der Waals surface area contributed by atoms with Gasteiger partial charge < -0.3 is 10.2 Å². The molecular formula is C37H66O4. The maximum absolute atomic E-state index is 10.8. The summed E-state index contributed by atoms with van der Waals surface area (Å²) in [6, 6.07) is 0. The van der Waals surface area contributed by atoms with Crippen molar-refractivity contribution in [1.82, 2.24) is 0 Å². The van der Waals surface area contributed by atoms with E-state index in [2.05, 4.69) is 38.2 Å². The highest BCUT2D eigenvalue weighted by atomic mass is 16.4. The molecule has 0 aromatic heterocycles. The Morgan fingerprint density at radius 2 is 1.00 bits per heavy atom. The van der Waals surface area contributed by atoms with Gasteiger partial charge in [-0.1, -0.05) is 141 Å². The first kappa shape index (κ1) is 37.4. The first-order chi connectivity index (χ1) is 20.0. The van der Waals surface area contributed by atoms with Crippen LogP contribution in [0.4, 0.5) is 0 Å². The molecule has 4 unspecified atom stereocenters. The fraction of sp³-hybridized carbons (Fsp3) is 0.838. The minimum absolute atomic E-state index is 0.312. The summed E-state index contributed by atoms with van der Waals surface area (Å²) >= 11 is 0. The third-order valence-electron chi connectivity index (χ3n) is 9.22. The summed E-state index contributed by atoms with van der Waals surface area (Å²) in [5.41, 5.74) is 0. The van der Waals surface area contributed by atoms with Gasteiger partial charge in [-0.3, -0.25) is 9.59 Å². The third kappa shape index (κ3) is 20.0. The van der Waals surface area contributed by atoms with E-state index in [1.165, 1.54) is 116 Å². The summed E-state index contributed by atoms with van der Waals surface area (Å²) in [6.45, 7) is 4.59. The zero-order valence-electron chi connectivity index (χ0n) is 27.0. The van der Waals surface area contributed by atoms with Crippen LogP contribution in [0.3, 0.4) is 0 Å². The minimum atomic E-state index is -0.669. The van der Waals surface area contributed by atoms with Gasteiger partial charge in [-0.25, -0.2) is 0 Å². The molecule has 0 bridgehead atoms. The van der Waals surface area contributed by atoms with Crippen LogP contribution in [0.2, 0.25) is 0 Å². The summed E-state index contributed by atoms with van der Waals surface area (Å²) < 4.78 is 0. The van der Waals surface area contributed by atoms with Crippen molar-refractivity contribution in [3.8, 4) is 0 Å². The molecule has 0 amide bonds. The second-order valence-corrected chi connectivity index (χ2v) is 12.8. The van der Waals surface area contributed by atoms with Crippen molar-refractivity contribution < 1.29 is 19.8 Å². The Hall–Kier alpha value is -1.58. The van der Waals surface area contributed by atoms with Crippen LogP contribution in [0.1, 0.15) is 174 Å². The van der Waals surface area contributed by atoms with E-state index in [1.54, 1.807) is 0 Å². The van der Waals surface area contributed by atoms with Crippen molar-refractivity contribution in [3.63, 3.8) is 0 Å². The minimum Gasteiger partial charge on any atom is -0.481 e. The number of rotatable bonds is 28. The Morgan fingerprint density at radius 1 is 0.561 bits per heavy atom. The highest BCUT2D eigenvalue weighted by Gasteiger charge is 2.33. The Labute approximate surface area is 253 Å². The van der Waals surface area contributed by atoms with Crippen LogP contribution in [-0.2, 0) is 9.59 Å². The molecule has 0 aliphatic heterocycles. The van der Waals surface area contributed by atoms with Crippen molar-refractivity contribution in [2.75, 3.05) is 0 Å². The standard InChI is InChI=1S/C37H66O4/c1-3-5-7-13-20-26-34-32(24-18-6-4-2)30-31-33(25-19-14-9-8-10-16-22-28-36(38)39)35(34)27-21-15-11-12-17-23-29-37(40)41/h20,26,30-35H,3-19,21-25,27-29H2,1-2H3,(H,38,39)(H,40,41)/b26-20+. The molecule has 4 nitrogen and oxygen atoms in total. The highest BCUT2D eigenvalue weighted by Crippen LogP contribution is 2.43. The van der Waals surface area contributed by atoms with E-state index in [0.29, 0.717) is 30.6 Å². The van der Waals surface area contributed by atoms with Crippen LogP contribution in [-0.4, -0.2) is 22.2 Å². The predicted molar refractivity (Wildman–Crippen MR) is 174 cm³/mol. The highest BCUT2D eigenvalue weighted by molar-refractivity contribution is 5.66. The molecule has 0 radical (unpaired) electrons. The molecule has 0 spiro atoms. The lowest BCUT2D eigenvalue weighted by atomic mass is 9.66. The fourth-order valence-corrected chi connectivity index (χ4v) is 6.75. The van der Waals surface area contributed by atoms with E-state index in [4.69, 9.17) is 10.2 Å². The first-order valence-corrected chi connectivity index (χ1v) is 17.8.